The number of carbonyl (C=O) groups excluding carboxylic acids is 1. The van der Waals surface area contributed by atoms with E-state index in [1.807, 2.05) is 31.2 Å². The van der Waals surface area contributed by atoms with E-state index >= 15 is 0 Å². The van der Waals surface area contributed by atoms with E-state index in [-0.39, 0.29) is 5.56 Å². The van der Waals surface area contributed by atoms with Gasteiger partial charge in [-0.1, -0.05) is 29.8 Å². The normalized spacial score (nSPS) is 11.6. The third-order valence-corrected chi connectivity index (χ3v) is 2.72. The molecule has 2 nitrogen and oxygen atoms in total. The average molecular weight is 267 g/mol. The van der Waals surface area contributed by atoms with Crippen LogP contribution in [0.5, 0.6) is 0 Å². The van der Waals surface area contributed by atoms with Gasteiger partial charge < -0.3 is 4.57 Å². The number of nitrogens with zero attached hydrogens (tertiary/aromatic N) is 1. The number of hydrogen-bond donors (Lipinski definition) is 0. The van der Waals surface area contributed by atoms with Crippen LogP contribution in [0.15, 0.2) is 42.7 Å². The molecule has 0 saturated heterocycles. The molecule has 1 aromatic heterocycles. The van der Waals surface area contributed by atoms with Gasteiger partial charge in [0.1, 0.15) is 0 Å². The molecular formula is C14H12F3NO. The van der Waals surface area contributed by atoms with Gasteiger partial charge in [0.25, 0.3) is 5.78 Å². The van der Waals surface area contributed by atoms with Crippen LogP contribution in [0.25, 0.3) is 0 Å². The highest BCUT2D eigenvalue weighted by Crippen LogP contribution is 2.21. The van der Waals surface area contributed by atoms with Crippen molar-refractivity contribution in [3.05, 3.63) is 59.4 Å². The lowest BCUT2D eigenvalue weighted by molar-refractivity contribution is -0.0885. The number of alkyl halides is 3. The summed E-state index contributed by atoms with van der Waals surface area (Å²) >= 11 is 0. The molecule has 2 rings (SSSR count). The van der Waals surface area contributed by atoms with Crippen molar-refractivity contribution in [3.63, 3.8) is 0 Å². The van der Waals surface area contributed by atoms with Gasteiger partial charge >= 0.3 is 6.18 Å². The molecular weight excluding hydrogens is 255 g/mol. The van der Waals surface area contributed by atoms with Gasteiger partial charge in [0, 0.05) is 24.5 Å². The Kier molecular flexibility index (Phi) is 3.46. The second-order valence-corrected chi connectivity index (χ2v) is 4.39. The van der Waals surface area contributed by atoms with Crippen LogP contribution in [0.3, 0.4) is 0 Å². The molecule has 100 valence electrons. The summed E-state index contributed by atoms with van der Waals surface area (Å²) in [7, 11) is 0. The summed E-state index contributed by atoms with van der Waals surface area (Å²) in [6.45, 7) is 2.38. The SMILES string of the molecule is Cc1cccc(Cn2ccc(C(=O)C(F)(F)F)c2)c1. The van der Waals surface area contributed by atoms with Crippen molar-refractivity contribution < 1.29 is 18.0 Å². The van der Waals surface area contributed by atoms with Crippen LogP contribution < -0.4 is 0 Å². The first-order valence-corrected chi connectivity index (χ1v) is 5.69. The minimum absolute atomic E-state index is 0.333. The molecule has 0 saturated carbocycles. The lowest BCUT2D eigenvalue weighted by Gasteiger charge is -2.05. The molecule has 0 aliphatic carbocycles. The maximum atomic E-state index is 12.3. The van der Waals surface area contributed by atoms with Crippen molar-refractivity contribution in [2.24, 2.45) is 0 Å². The molecule has 1 heterocycles. The summed E-state index contributed by atoms with van der Waals surface area (Å²) < 4.78 is 38.4. The molecule has 0 aliphatic rings. The van der Waals surface area contributed by atoms with Crippen molar-refractivity contribution in [2.45, 2.75) is 19.6 Å². The molecule has 0 unspecified atom stereocenters. The number of hydrogen-bond acceptors (Lipinski definition) is 1. The van der Waals surface area contributed by atoms with E-state index in [0.717, 1.165) is 11.1 Å². The van der Waals surface area contributed by atoms with Gasteiger partial charge in [-0.2, -0.15) is 13.2 Å². The average Bonchev–Trinajstić information content (AvgIpc) is 2.75. The highest BCUT2D eigenvalue weighted by molar-refractivity contribution is 6.00. The van der Waals surface area contributed by atoms with Crippen LogP contribution >= 0.6 is 0 Å². The molecule has 0 N–H and O–H groups in total. The standard InChI is InChI=1S/C14H12F3NO/c1-10-3-2-4-11(7-10)8-18-6-5-12(9-18)13(19)14(15,16)17/h2-7,9H,8H2,1H3. The lowest BCUT2D eigenvalue weighted by atomic mass is 10.1. The second kappa shape index (κ2) is 4.91. The summed E-state index contributed by atoms with van der Waals surface area (Å²) in [6, 6.07) is 8.85. The highest BCUT2D eigenvalue weighted by Gasteiger charge is 2.39. The minimum Gasteiger partial charge on any atom is -0.349 e. The maximum Gasteiger partial charge on any atom is 0.454 e. The zero-order chi connectivity index (χ0) is 14.0. The van der Waals surface area contributed by atoms with Crippen LogP contribution in [0, 0.1) is 6.92 Å². The van der Waals surface area contributed by atoms with Gasteiger partial charge in [0.05, 0.1) is 0 Å². The summed E-state index contributed by atoms with van der Waals surface area (Å²) in [6.07, 6.45) is -2.13. The minimum atomic E-state index is -4.82. The Balaban J connectivity index is 2.16. The van der Waals surface area contributed by atoms with E-state index in [0.29, 0.717) is 6.54 Å². The zero-order valence-corrected chi connectivity index (χ0v) is 10.2. The summed E-state index contributed by atoms with van der Waals surface area (Å²) in [5.41, 5.74) is 1.72. The summed E-state index contributed by atoms with van der Waals surface area (Å²) in [4.78, 5) is 11.0. The zero-order valence-electron chi connectivity index (χ0n) is 10.2. The molecule has 19 heavy (non-hydrogen) atoms. The van der Waals surface area contributed by atoms with Gasteiger partial charge in [-0.25, -0.2) is 0 Å². The Morgan fingerprint density at radius 3 is 2.63 bits per heavy atom. The quantitative estimate of drug-likeness (QED) is 0.779. The third kappa shape index (κ3) is 3.24. The van der Waals surface area contributed by atoms with Crippen LogP contribution in [-0.4, -0.2) is 16.5 Å². The van der Waals surface area contributed by atoms with Crippen LogP contribution in [-0.2, 0) is 6.54 Å². The number of rotatable bonds is 3. The third-order valence-electron chi connectivity index (χ3n) is 2.72. The van der Waals surface area contributed by atoms with Gasteiger partial charge in [-0.05, 0) is 18.6 Å². The Morgan fingerprint density at radius 2 is 2.00 bits per heavy atom. The molecule has 1 aromatic carbocycles. The Morgan fingerprint density at radius 1 is 1.26 bits per heavy atom. The molecule has 0 fully saturated rings. The number of aromatic nitrogens is 1. The van der Waals surface area contributed by atoms with Crippen molar-refractivity contribution in [1.29, 1.82) is 0 Å². The number of aryl methyl sites for hydroxylation is 1. The van der Waals surface area contributed by atoms with Gasteiger partial charge in [-0.3, -0.25) is 4.79 Å². The Bertz CT molecular complexity index is 599. The van der Waals surface area contributed by atoms with Gasteiger partial charge in [-0.15, -0.1) is 0 Å². The molecule has 2 aromatic rings. The molecule has 0 spiro atoms. The molecule has 0 bridgehead atoms. The second-order valence-electron chi connectivity index (χ2n) is 4.39. The number of Topliss-reactive ketones (excluding diaryl/α,β-unsaturated/α-hetero) is 1. The van der Waals surface area contributed by atoms with E-state index in [4.69, 9.17) is 0 Å². The van der Waals surface area contributed by atoms with Crippen molar-refractivity contribution in [3.8, 4) is 0 Å². The van der Waals surface area contributed by atoms with Crippen molar-refractivity contribution in [1.82, 2.24) is 4.57 Å². The maximum absolute atomic E-state index is 12.3. The first-order chi connectivity index (χ1) is 8.86. The smallest absolute Gasteiger partial charge is 0.349 e. The van der Waals surface area contributed by atoms with E-state index in [1.165, 1.54) is 18.5 Å². The molecule has 0 radical (unpaired) electrons. The first-order valence-electron chi connectivity index (χ1n) is 5.69. The number of ketones is 1. The van der Waals surface area contributed by atoms with Crippen molar-refractivity contribution in [2.75, 3.05) is 0 Å². The largest absolute Gasteiger partial charge is 0.454 e. The summed E-state index contributed by atoms with van der Waals surface area (Å²) in [5, 5.41) is 0. The van der Waals surface area contributed by atoms with Gasteiger partial charge in [0.15, 0.2) is 0 Å². The molecule has 5 heteroatoms. The topological polar surface area (TPSA) is 22.0 Å². The van der Waals surface area contributed by atoms with E-state index in [9.17, 15) is 18.0 Å². The van der Waals surface area contributed by atoms with E-state index in [2.05, 4.69) is 0 Å². The van der Waals surface area contributed by atoms with E-state index in [1.54, 1.807) is 4.57 Å². The van der Waals surface area contributed by atoms with Crippen LogP contribution in [0.1, 0.15) is 21.5 Å². The Hall–Kier alpha value is -2.04. The molecule has 0 amide bonds. The first kappa shape index (κ1) is 13.4. The van der Waals surface area contributed by atoms with Gasteiger partial charge in [0.2, 0.25) is 0 Å². The Labute approximate surface area is 108 Å². The van der Waals surface area contributed by atoms with Crippen molar-refractivity contribution >= 4 is 5.78 Å². The van der Waals surface area contributed by atoms with Crippen LogP contribution in [0.2, 0.25) is 0 Å². The number of carbonyl (C=O) groups is 1. The fourth-order valence-electron chi connectivity index (χ4n) is 1.86. The monoisotopic (exact) mass is 267 g/mol. The summed E-state index contributed by atoms with van der Waals surface area (Å²) in [5.74, 6) is -1.81. The lowest BCUT2D eigenvalue weighted by Crippen LogP contribution is -2.22. The fraction of sp³-hybridized carbons (Fsp3) is 0.214. The number of benzene rings is 1. The highest BCUT2D eigenvalue weighted by atomic mass is 19.4. The molecule has 0 aliphatic heterocycles. The fourth-order valence-corrected chi connectivity index (χ4v) is 1.86. The van der Waals surface area contributed by atoms with E-state index < -0.39 is 12.0 Å². The predicted octanol–water partition coefficient (Wildman–Crippen LogP) is 3.59. The predicted molar refractivity (Wildman–Crippen MR) is 65.1 cm³/mol. The molecule has 0 atom stereocenters. The van der Waals surface area contributed by atoms with Crippen LogP contribution in [0.4, 0.5) is 13.2 Å². The number of halogens is 3.